The van der Waals surface area contributed by atoms with Crippen LogP contribution >= 0.6 is 0 Å². The van der Waals surface area contributed by atoms with Crippen molar-refractivity contribution in [2.75, 3.05) is 13.6 Å². The fraction of sp³-hybridized carbons (Fsp3) is 0.667. The SMILES string of the molecule is C=N/C(C)=N\N(C)CC. The highest BCUT2D eigenvalue weighted by atomic mass is 15.4. The lowest BCUT2D eigenvalue weighted by molar-refractivity contribution is 0.374. The van der Waals surface area contributed by atoms with Crippen LogP contribution in [0.2, 0.25) is 0 Å². The Balaban J connectivity index is 3.78. The first kappa shape index (κ1) is 8.14. The Morgan fingerprint density at radius 1 is 1.67 bits per heavy atom. The van der Waals surface area contributed by atoms with Crippen LogP contribution in [0.5, 0.6) is 0 Å². The highest BCUT2D eigenvalue weighted by Crippen LogP contribution is 1.84. The summed E-state index contributed by atoms with van der Waals surface area (Å²) in [5.74, 6) is 0.708. The molecule has 0 atom stereocenters. The zero-order valence-corrected chi connectivity index (χ0v) is 6.26. The summed E-state index contributed by atoms with van der Waals surface area (Å²) in [6.07, 6.45) is 0. The highest BCUT2D eigenvalue weighted by Gasteiger charge is 1.86. The molecule has 52 valence electrons. The van der Waals surface area contributed by atoms with Crippen molar-refractivity contribution in [3.05, 3.63) is 0 Å². The largest absolute Gasteiger partial charge is 0.299 e. The van der Waals surface area contributed by atoms with E-state index < -0.39 is 0 Å². The number of hydrogen-bond donors (Lipinski definition) is 0. The van der Waals surface area contributed by atoms with Crippen molar-refractivity contribution in [1.82, 2.24) is 5.01 Å². The van der Waals surface area contributed by atoms with Crippen molar-refractivity contribution >= 4 is 12.6 Å². The smallest absolute Gasteiger partial charge is 0.144 e. The number of nitrogens with zero attached hydrogens (tertiary/aromatic N) is 3. The summed E-state index contributed by atoms with van der Waals surface area (Å²) in [4.78, 5) is 3.63. The Bertz CT molecular complexity index is 117. The zero-order chi connectivity index (χ0) is 7.28. The number of hydrazone groups is 1. The summed E-state index contributed by atoms with van der Waals surface area (Å²) in [5, 5.41) is 5.84. The molecule has 0 aliphatic carbocycles. The number of aliphatic imine (C=N–C) groups is 1. The first-order chi connectivity index (χ1) is 4.20. The molecule has 0 aromatic rings. The normalized spacial score (nSPS) is 11.2. The molecule has 0 bridgehead atoms. The monoisotopic (exact) mass is 127 g/mol. The summed E-state index contributed by atoms with van der Waals surface area (Å²) in [6.45, 7) is 8.08. The van der Waals surface area contributed by atoms with Gasteiger partial charge in [0.1, 0.15) is 5.84 Å². The maximum Gasteiger partial charge on any atom is 0.144 e. The Labute approximate surface area is 56.1 Å². The van der Waals surface area contributed by atoms with Gasteiger partial charge in [-0.15, -0.1) is 0 Å². The predicted molar refractivity (Wildman–Crippen MR) is 41.0 cm³/mol. The van der Waals surface area contributed by atoms with Gasteiger partial charge in [-0.25, -0.2) is 4.99 Å². The third kappa shape index (κ3) is 3.70. The highest BCUT2D eigenvalue weighted by molar-refractivity contribution is 5.83. The van der Waals surface area contributed by atoms with Crippen molar-refractivity contribution < 1.29 is 0 Å². The zero-order valence-electron chi connectivity index (χ0n) is 6.26. The van der Waals surface area contributed by atoms with E-state index in [1.165, 1.54) is 0 Å². The van der Waals surface area contributed by atoms with E-state index in [0.717, 1.165) is 6.54 Å². The lowest BCUT2D eigenvalue weighted by atomic mass is 10.7. The van der Waals surface area contributed by atoms with Gasteiger partial charge in [0.25, 0.3) is 0 Å². The van der Waals surface area contributed by atoms with E-state index >= 15 is 0 Å². The predicted octanol–water partition coefficient (Wildman–Crippen LogP) is 0.972. The number of rotatable bonds is 2. The van der Waals surface area contributed by atoms with Crippen LogP contribution in [0.25, 0.3) is 0 Å². The molecule has 0 aliphatic heterocycles. The van der Waals surface area contributed by atoms with Crippen LogP contribution in [0.15, 0.2) is 10.1 Å². The van der Waals surface area contributed by atoms with E-state index in [2.05, 4.69) is 16.8 Å². The molecule has 0 unspecified atom stereocenters. The van der Waals surface area contributed by atoms with Gasteiger partial charge >= 0.3 is 0 Å². The molecule has 0 rings (SSSR count). The van der Waals surface area contributed by atoms with Crippen molar-refractivity contribution in [3.63, 3.8) is 0 Å². The van der Waals surface area contributed by atoms with Crippen molar-refractivity contribution in [2.45, 2.75) is 13.8 Å². The quantitative estimate of drug-likeness (QED) is 0.308. The molecule has 0 heterocycles. The summed E-state index contributed by atoms with van der Waals surface area (Å²) < 4.78 is 0. The second-order valence-corrected chi connectivity index (χ2v) is 1.78. The van der Waals surface area contributed by atoms with E-state index in [4.69, 9.17) is 0 Å². The molecule has 0 saturated heterocycles. The van der Waals surface area contributed by atoms with Gasteiger partial charge in [-0.2, -0.15) is 5.10 Å². The fourth-order valence-electron chi connectivity index (χ4n) is 0.349. The second-order valence-electron chi connectivity index (χ2n) is 1.78. The molecule has 0 spiro atoms. The van der Waals surface area contributed by atoms with E-state index in [1.807, 2.05) is 25.9 Å². The molecule has 3 nitrogen and oxygen atoms in total. The first-order valence-corrected chi connectivity index (χ1v) is 2.93. The Morgan fingerprint density at radius 2 is 2.22 bits per heavy atom. The molecule has 3 heteroatoms. The number of amidine groups is 1. The first-order valence-electron chi connectivity index (χ1n) is 2.93. The van der Waals surface area contributed by atoms with Crippen LogP contribution < -0.4 is 0 Å². The minimum atomic E-state index is 0.708. The average molecular weight is 127 g/mol. The summed E-state index contributed by atoms with van der Waals surface area (Å²) in [7, 11) is 1.90. The van der Waals surface area contributed by atoms with Gasteiger partial charge < -0.3 is 0 Å². The van der Waals surface area contributed by atoms with Gasteiger partial charge in [0.2, 0.25) is 0 Å². The van der Waals surface area contributed by atoms with Crippen LogP contribution in [0.4, 0.5) is 0 Å². The molecular formula is C6H13N3. The van der Waals surface area contributed by atoms with Crippen LogP contribution in [-0.4, -0.2) is 31.2 Å². The lowest BCUT2D eigenvalue weighted by Gasteiger charge is -2.08. The molecule has 0 aliphatic rings. The van der Waals surface area contributed by atoms with Gasteiger partial charge in [-0.05, 0) is 20.6 Å². The molecule has 0 saturated carbocycles. The molecule has 0 N–H and O–H groups in total. The van der Waals surface area contributed by atoms with E-state index in [9.17, 15) is 0 Å². The standard InChI is InChI=1S/C6H13N3/c1-5-9(4)8-6(2)7-3/h3,5H2,1-2,4H3/b8-6-. The molecule has 9 heavy (non-hydrogen) atoms. The van der Waals surface area contributed by atoms with Crippen molar-refractivity contribution in [2.24, 2.45) is 10.1 Å². The molecule has 0 amide bonds. The van der Waals surface area contributed by atoms with Gasteiger partial charge in [-0.1, -0.05) is 0 Å². The van der Waals surface area contributed by atoms with Crippen LogP contribution in [0.1, 0.15) is 13.8 Å². The van der Waals surface area contributed by atoms with Crippen molar-refractivity contribution in [1.29, 1.82) is 0 Å². The summed E-state index contributed by atoms with van der Waals surface area (Å²) in [5.41, 5.74) is 0. The Hall–Kier alpha value is -0.860. The van der Waals surface area contributed by atoms with Gasteiger partial charge in [-0.3, -0.25) is 5.01 Å². The summed E-state index contributed by atoms with van der Waals surface area (Å²) >= 11 is 0. The molecular weight excluding hydrogens is 114 g/mol. The average Bonchev–Trinajstić information content (AvgIpc) is 1.87. The van der Waals surface area contributed by atoms with Crippen LogP contribution in [-0.2, 0) is 0 Å². The van der Waals surface area contributed by atoms with Crippen molar-refractivity contribution in [3.8, 4) is 0 Å². The maximum absolute atomic E-state index is 4.03. The van der Waals surface area contributed by atoms with E-state index in [0.29, 0.717) is 5.84 Å². The Kier molecular flexibility index (Phi) is 3.67. The van der Waals surface area contributed by atoms with Gasteiger partial charge in [0, 0.05) is 13.6 Å². The second kappa shape index (κ2) is 4.06. The topological polar surface area (TPSA) is 28.0 Å². The summed E-state index contributed by atoms with van der Waals surface area (Å²) in [6, 6.07) is 0. The minimum Gasteiger partial charge on any atom is -0.299 e. The number of hydrogen-bond acceptors (Lipinski definition) is 2. The molecule has 0 radical (unpaired) electrons. The lowest BCUT2D eigenvalue weighted by Crippen LogP contribution is -2.11. The molecule has 0 aromatic carbocycles. The van der Waals surface area contributed by atoms with E-state index in [-0.39, 0.29) is 0 Å². The van der Waals surface area contributed by atoms with Crippen LogP contribution in [0, 0.1) is 0 Å². The molecule has 0 fully saturated rings. The fourth-order valence-corrected chi connectivity index (χ4v) is 0.349. The van der Waals surface area contributed by atoms with Crippen LogP contribution in [0.3, 0.4) is 0 Å². The maximum atomic E-state index is 4.03. The molecule has 0 aromatic heterocycles. The Morgan fingerprint density at radius 3 is 2.56 bits per heavy atom. The van der Waals surface area contributed by atoms with Gasteiger partial charge in [0.15, 0.2) is 0 Å². The van der Waals surface area contributed by atoms with E-state index in [1.54, 1.807) is 0 Å². The minimum absolute atomic E-state index is 0.708. The third-order valence-electron chi connectivity index (χ3n) is 1.00. The van der Waals surface area contributed by atoms with Gasteiger partial charge in [0.05, 0.1) is 0 Å². The third-order valence-corrected chi connectivity index (χ3v) is 1.00.